The maximum absolute atomic E-state index is 11.6. The Bertz CT molecular complexity index is 659. The number of amides is 1. The third-order valence-electron chi connectivity index (χ3n) is 3.05. The molecule has 0 aliphatic carbocycles. The quantitative estimate of drug-likeness (QED) is 0.885. The lowest BCUT2D eigenvalue weighted by Gasteiger charge is -2.08. The second kappa shape index (κ2) is 5.69. The zero-order chi connectivity index (χ0) is 13.8. The summed E-state index contributed by atoms with van der Waals surface area (Å²) in [5.74, 6) is -0.0357. The van der Waals surface area contributed by atoms with Gasteiger partial charge in [0.2, 0.25) is 11.5 Å². The number of hydrogen-bond donors (Lipinski definition) is 2. The van der Waals surface area contributed by atoms with E-state index >= 15 is 0 Å². The van der Waals surface area contributed by atoms with Crippen LogP contribution in [0.2, 0.25) is 0 Å². The molecule has 0 saturated carbocycles. The third kappa shape index (κ3) is 3.02. The molecule has 1 aromatic carbocycles. The van der Waals surface area contributed by atoms with Gasteiger partial charge in [-0.3, -0.25) is 9.59 Å². The number of benzene rings is 1. The van der Waals surface area contributed by atoms with Crippen LogP contribution in [0.1, 0.15) is 32.3 Å². The summed E-state index contributed by atoms with van der Waals surface area (Å²) in [6.07, 6.45) is 2.30. The molecule has 0 unspecified atom stereocenters. The molecular formula is C15H18N2O2. The number of aromatic amines is 1. The van der Waals surface area contributed by atoms with Gasteiger partial charge < -0.3 is 10.3 Å². The zero-order valence-electron chi connectivity index (χ0n) is 11.2. The van der Waals surface area contributed by atoms with E-state index in [1.165, 1.54) is 0 Å². The van der Waals surface area contributed by atoms with Gasteiger partial charge >= 0.3 is 0 Å². The van der Waals surface area contributed by atoms with Crippen molar-refractivity contribution in [1.29, 1.82) is 0 Å². The second-order valence-corrected chi connectivity index (χ2v) is 4.57. The Labute approximate surface area is 111 Å². The minimum atomic E-state index is -0.102. The Morgan fingerprint density at radius 3 is 2.74 bits per heavy atom. The molecule has 4 nitrogen and oxygen atoms in total. The highest BCUT2D eigenvalue weighted by atomic mass is 16.1. The summed E-state index contributed by atoms with van der Waals surface area (Å²) in [6.45, 7) is 3.89. The molecule has 0 radical (unpaired) electrons. The summed E-state index contributed by atoms with van der Waals surface area (Å²) in [5, 5.41) is 3.83. The zero-order valence-corrected chi connectivity index (χ0v) is 11.2. The Morgan fingerprint density at radius 2 is 2.05 bits per heavy atom. The monoisotopic (exact) mass is 258 g/mol. The highest BCUT2D eigenvalue weighted by Gasteiger charge is 2.05. The molecule has 0 aliphatic rings. The van der Waals surface area contributed by atoms with Gasteiger partial charge in [-0.1, -0.05) is 26.3 Å². The molecule has 1 aromatic heterocycles. The van der Waals surface area contributed by atoms with Crippen LogP contribution in [0.15, 0.2) is 29.1 Å². The van der Waals surface area contributed by atoms with E-state index < -0.39 is 0 Å². The number of nitrogens with one attached hydrogen (secondary N) is 2. The number of aryl methyl sites for hydroxylation is 1. The van der Waals surface area contributed by atoms with Crippen LogP contribution in [0.4, 0.5) is 5.69 Å². The maximum atomic E-state index is 11.6. The van der Waals surface area contributed by atoms with Crippen molar-refractivity contribution in [3.8, 4) is 0 Å². The molecule has 100 valence electrons. The molecule has 0 fully saturated rings. The number of carbonyl (C=O) groups is 1. The number of carbonyl (C=O) groups excluding carboxylic acids is 1. The third-order valence-corrected chi connectivity index (χ3v) is 3.05. The lowest BCUT2D eigenvalue weighted by molar-refractivity contribution is -0.115. The Kier molecular flexibility index (Phi) is 4.00. The fourth-order valence-electron chi connectivity index (χ4n) is 2.14. The predicted molar refractivity (Wildman–Crippen MR) is 77.5 cm³/mol. The number of pyridine rings is 1. The van der Waals surface area contributed by atoms with Crippen molar-refractivity contribution in [2.24, 2.45) is 0 Å². The Hall–Kier alpha value is -2.10. The van der Waals surface area contributed by atoms with Gasteiger partial charge in [-0.15, -0.1) is 0 Å². The van der Waals surface area contributed by atoms with Crippen molar-refractivity contribution < 1.29 is 4.79 Å². The van der Waals surface area contributed by atoms with E-state index in [-0.39, 0.29) is 11.5 Å². The van der Waals surface area contributed by atoms with Crippen molar-refractivity contribution in [2.75, 3.05) is 5.32 Å². The molecule has 1 amide bonds. The van der Waals surface area contributed by atoms with Crippen LogP contribution in [0.3, 0.4) is 0 Å². The number of fused-ring (bicyclic) bond motifs is 1. The second-order valence-electron chi connectivity index (χ2n) is 4.57. The van der Waals surface area contributed by atoms with Gasteiger partial charge in [-0.2, -0.15) is 0 Å². The van der Waals surface area contributed by atoms with Crippen molar-refractivity contribution >= 4 is 22.5 Å². The molecule has 1 heterocycles. The van der Waals surface area contributed by atoms with Gasteiger partial charge in [0.05, 0.1) is 5.52 Å². The molecular weight excluding hydrogens is 240 g/mol. The van der Waals surface area contributed by atoms with Gasteiger partial charge in [0, 0.05) is 23.6 Å². The lowest BCUT2D eigenvalue weighted by atomic mass is 10.0. The number of hydrogen-bond acceptors (Lipinski definition) is 2. The average molecular weight is 258 g/mol. The molecule has 2 aromatic rings. The van der Waals surface area contributed by atoms with E-state index in [2.05, 4.69) is 17.2 Å². The predicted octanol–water partition coefficient (Wildman–Crippen LogP) is 2.83. The molecule has 2 rings (SSSR count). The van der Waals surface area contributed by atoms with E-state index in [1.54, 1.807) is 13.0 Å². The van der Waals surface area contributed by atoms with Crippen LogP contribution >= 0.6 is 0 Å². The van der Waals surface area contributed by atoms with Gasteiger partial charge in [-0.05, 0) is 24.1 Å². The Morgan fingerprint density at radius 1 is 1.26 bits per heavy atom. The minimum Gasteiger partial charge on any atom is -0.326 e. The van der Waals surface area contributed by atoms with Crippen LogP contribution in [-0.4, -0.2) is 10.9 Å². The first-order chi connectivity index (χ1) is 9.13. The van der Waals surface area contributed by atoms with Crippen molar-refractivity contribution in [1.82, 2.24) is 4.98 Å². The lowest BCUT2D eigenvalue weighted by Crippen LogP contribution is -2.10. The van der Waals surface area contributed by atoms with Crippen LogP contribution in [-0.2, 0) is 11.2 Å². The summed E-state index contributed by atoms with van der Waals surface area (Å²) in [7, 11) is 0. The number of aromatic nitrogens is 1. The summed E-state index contributed by atoms with van der Waals surface area (Å²) in [5.41, 5.74) is 2.43. The van der Waals surface area contributed by atoms with Crippen molar-refractivity contribution in [2.45, 2.75) is 33.1 Å². The first-order valence-electron chi connectivity index (χ1n) is 6.59. The van der Waals surface area contributed by atoms with E-state index in [9.17, 15) is 9.59 Å². The largest absolute Gasteiger partial charge is 0.326 e. The first kappa shape index (κ1) is 13.3. The van der Waals surface area contributed by atoms with Gasteiger partial charge in [0.25, 0.3) is 0 Å². The highest BCUT2D eigenvalue weighted by molar-refractivity contribution is 5.93. The molecule has 4 heteroatoms. The van der Waals surface area contributed by atoms with E-state index in [0.717, 1.165) is 29.3 Å². The van der Waals surface area contributed by atoms with Crippen LogP contribution in [0, 0.1) is 0 Å². The van der Waals surface area contributed by atoms with Gasteiger partial charge in [0.1, 0.15) is 0 Å². The van der Waals surface area contributed by atoms with Gasteiger partial charge in [-0.25, -0.2) is 0 Å². The molecule has 2 N–H and O–H groups in total. The molecule has 0 bridgehead atoms. The first-order valence-corrected chi connectivity index (χ1v) is 6.59. The fraction of sp³-hybridized carbons (Fsp3) is 0.333. The summed E-state index contributed by atoms with van der Waals surface area (Å²) in [4.78, 5) is 25.8. The van der Waals surface area contributed by atoms with Crippen molar-refractivity contribution in [3.05, 3.63) is 40.2 Å². The summed E-state index contributed by atoms with van der Waals surface area (Å²) < 4.78 is 0. The molecule has 19 heavy (non-hydrogen) atoms. The standard InChI is InChI=1S/C15H18N2O2/c1-3-5-10-8-15(19)17-13-9-11(6-7-12(10)13)16-14(18)4-2/h6-9H,3-5H2,1-2H3,(H,16,18)(H,17,19). The maximum Gasteiger partial charge on any atom is 0.248 e. The molecule has 0 spiro atoms. The molecule has 0 saturated heterocycles. The average Bonchev–Trinajstić information content (AvgIpc) is 2.38. The van der Waals surface area contributed by atoms with Crippen molar-refractivity contribution in [3.63, 3.8) is 0 Å². The number of rotatable bonds is 4. The SMILES string of the molecule is CCCc1cc(=O)[nH]c2cc(NC(=O)CC)ccc12. The highest BCUT2D eigenvalue weighted by Crippen LogP contribution is 2.20. The van der Waals surface area contributed by atoms with Gasteiger partial charge in [0.15, 0.2) is 0 Å². The summed E-state index contributed by atoms with van der Waals surface area (Å²) in [6, 6.07) is 7.27. The van der Waals surface area contributed by atoms with E-state index in [1.807, 2.05) is 18.2 Å². The number of anilines is 1. The van der Waals surface area contributed by atoms with Crippen LogP contribution < -0.4 is 10.9 Å². The molecule has 0 atom stereocenters. The summed E-state index contributed by atoms with van der Waals surface area (Å²) >= 11 is 0. The topological polar surface area (TPSA) is 62.0 Å². The normalized spacial score (nSPS) is 10.6. The van der Waals surface area contributed by atoms with E-state index in [4.69, 9.17) is 0 Å². The van der Waals surface area contributed by atoms with E-state index in [0.29, 0.717) is 12.1 Å². The minimum absolute atomic E-state index is 0.0357. The van der Waals surface area contributed by atoms with Crippen LogP contribution in [0.25, 0.3) is 10.9 Å². The fourth-order valence-corrected chi connectivity index (χ4v) is 2.14. The number of H-pyrrole nitrogens is 1. The van der Waals surface area contributed by atoms with Crippen LogP contribution in [0.5, 0.6) is 0 Å². The smallest absolute Gasteiger partial charge is 0.248 e. The Balaban J connectivity index is 2.48. The molecule has 0 aliphatic heterocycles.